The SMILES string of the molecule is Cc1cccc(N2CC(C(=O)NCCNc3ncccc3C#N)CC2=O)c1C. The fourth-order valence-corrected chi connectivity index (χ4v) is 3.29. The standard InChI is InChI=1S/C21H23N5O2/c1-14-5-3-7-18(15(14)2)26-13-17(11-19(26)27)21(28)25-10-9-24-20-16(12-22)6-4-8-23-20/h3-8,17H,9-11,13H2,1-2H3,(H,23,24)(H,25,28). The smallest absolute Gasteiger partial charge is 0.227 e. The van der Waals surface area contributed by atoms with Crippen LogP contribution in [0, 0.1) is 31.1 Å². The van der Waals surface area contributed by atoms with E-state index in [0.717, 1.165) is 16.8 Å². The summed E-state index contributed by atoms with van der Waals surface area (Å²) >= 11 is 0. The fraction of sp³-hybridized carbons (Fsp3) is 0.333. The van der Waals surface area contributed by atoms with Crippen LogP contribution >= 0.6 is 0 Å². The van der Waals surface area contributed by atoms with E-state index in [-0.39, 0.29) is 24.2 Å². The van der Waals surface area contributed by atoms with E-state index in [0.29, 0.717) is 31.0 Å². The number of benzene rings is 1. The molecule has 2 N–H and O–H groups in total. The molecule has 1 aliphatic heterocycles. The molecule has 7 nitrogen and oxygen atoms in total. The van der Waals surface area contributed by atoms with E-state index >= 15 is 0 Å². The minimum atomic E-state index is -0.364. The summed E-state index contributed by atoms with van der Waals surface area (Å²) in [6.07, 6.45) is 1.82. The van der Waals surface area contributed by atoms with Gasteiger partial charge in [0.25, 0.3) is 0 Å². The van der Waals surface area contributed by atoms with Gasteiger partial charge in [-0.2, -0.15) is 5.26 Å². The number of pyridine rings is 1. The first kappa shape index (κ1) is 19.4. The second-order valence-electron chi connectivity index (χ2n) is 6.85. The minimum absolute atomic E-state index is 0.0286. The van der Waals surface area contributed by atoms with Gasteiger partial charge in [-0.3, -0.25) is 9.59 Å². The van der Waals surface area contributed by atoms with Crippen LogP contribution in [-0.4, -0.2) is 36.4 Å². The molecule has 1 aromatic heterocycles. The summed E-state index contributed by atoms with van der Waals surface area (Å²) < 4.78 is 0. The lowest BCUT2D eigenvalue weighted by atomic mass is 10.1. The van der Waals surface area contributed by atoms with Gasteiger partial charge < -0.3 is 15.5 Å². The number of hydrogen-bond acceptors (Lipinski definition) is 5. The highest BCUT2D eigenvalue weighted by molar-refractivity contribution is 6.00. The summed E-state index contributed by atoms with van der Waals surface area (Å²) in [5, 5.41) is 15.0. The molecule has 1 unspecified atom stereocenters. The number of nitriles is 1. The summed E-state index contributed by atoms with van der Waals surface area (Å²) in [7, 11) is 0. The fourth-order valence-electron chi connectivity index (χ4n) is 3.29. The van der Waals surface area contributed by atoms with Crippen LogP contribution in [-0.2, 0) is 9.59 Å². The molecular formula is C21H23N5O2. The van der Waals surface area contributed by atoms with Crippen LogP contribution in [0.5, 0.6) is 0 Å². The third-order valence-corrected chi connectivity index (χ3v) is 5.01. The molecule has 1 aliphatic rings. The zero-order chi connectivity index (χ0) is 20.1. The molecule has 0 radical (unpaired) electrons. The zero-order valence-electron chi connectivity index (χ0n) is 16.0. The highest BCUT2D eigenvalue weighted by atomic mass is 16.2. The normalized spacial score (nSPS) is 16.0. The van der Waals surface area contributed by atoms with E-state index in [1.165, 1.54) is 0 Å². The molecule has 1 atom stereocenters. The van der Waals surface area contributed by atoms with Crippen molar-refractivity contribution in [3.8, 4) is 6.07 Å². The highest BCUT2D eigenvalue weighted by Gasteiger charge is 2.35. The monoisotopic (exact) mass is 377 g/mol. The number of aromatic nitrogens is 1. The molecule has 1 aromatic carbocycles. The van der Waals surface area contributed by atoms with Gasteiger partial charge >= 0.3 is 0 Å². The summed E-state index contributed by atoms with van der Waals surface area (Å²) in [4.78, 5) is 30.7. The largest absolute Gasteiger partial charge is 0.367 e. The van der Waals surface area contributed by atoms with Gasteiger partial charge in [-0.05, 0) is 43.2 Å². The van der Waals surface area contributed by atoms with Gasteiger partial charge in [-0.25, -0.2) is 4.98 Å². The maximum atomic E-state index is 12.5. The van der Waals surface area contributed by atoms with Crippen LogP contribution in [0.1, 0.15) is 23.1 Å². The van der Waals surface area contributed by atoms with Crippen molar-refractivity contribution in [3.63, 3.8) is 0 Å². The Labute approximate surface area is 164 Å². The molecular weight excluding hydrogens is 354 g/mol. The molecule has 28 heavy (non-hydrogen) atoms. The van der Waals surface area contributed by atoms with Gasteiger partial charge in [0.1, 0.15) is 11.9 Å². The number of aryl methyl sites for hydroxylation is 1. The Kier molecular flexibility index (Phi) is 5.90. The molecule has 3 rings (SSSR count). The quantitative estimate of drug-likeness (QED) is 0.752. The second kappa shape index (κ2) is 8.53. The Bertz CT molecular complexity index is 935. The van der Waals surface area contributed by atoms with Crippen LogP contribution in [0.25, 0.3) is 0 Å². The average molecular weight is 377 g/mol. The van der Waals surface area contributed by atoms with Crippen molar-refractivity contribution in [2.45, 2.75) is 20.3 Å². The molecule has 0 bridgehead atoms. The lowest BCUT2D eigenvalue weighted by Crippen LogP contribution is -2.35. The van der Waals surface area contributed by atoms with E-state index < -0.39 is 0 Å². The molecule has 144 valence electrons. The predicted octanol–water partition coefficient (Wildman–Crippen LogP) is 2.15. The van der Waals surface area contributed by atoms with E-state index in [1.807, 2.05) is 32.0 Å². The Morgan fingerprint density at radius 2 is 2.11 bits per heavy atom. The van der Waals surface area contributed by atoms with Gasteiger partial charge in [-0.1, -0.05) is 12.1 Å². The number of carbonyl (C=O) groups excluding carboxylic acids is 2. The van der Waals surface area contributed by atoms with E-state index in [1.54, 1.807) is 23.2 Å². The summed E-state index contributed by atoms with van der Waals surface area (Å²) in [5.41, 5.74) is 3.51. The Balaban J connectivity index is 1.52. The first-order valence-corrected chi connectivity index (χ1v) is 9.24. The second-order valence-corrected chi connectivity index (χ2v) is 6.85. The Morgan fingerprint density at radius 3 is 2.89 bits per heavy atom. The van der Waals surface area contributed by atoms with Crippen LogP contribution < -0.4 is 15.5 Å². The van der Waals surface area contributed by atoms with Gasteiger partial charge in [0.2, 0.25) is 11.8 Å². The van der Waals surface area contributed by atoms with Gasteiger partial charge in [0, 0.05) is 37.9 Å². The van der Waals surface area contributed by atoms with Gasteiger partial charge in [-0.15, -0.1) is 0 Å². The van der Waals surface area contributed by atoms with Crippen molar-refractivity contribution in [3.05, 3.63) is 53.2 Å². The zero-order valence-corrected chi connectivity index (χ0v) is 16.0. The number of amides is 2. The number of rotatable bonds is 6. The molecule has 0 aliphatic carbocycles. The highest BCUT2D eigenvalue weighted by Crippen LogP contribution is 2.29. The van der Waals surface area contributed by atoms with Crippen LogP contribution in [0.3, 0.4) is 0 Å². The minimum Gasteiger partial charge on any atom is -0.367 e. The predicted molar refractivity (Wildman–Crippen MR) is 107 cm³/mol. The summed E-state index contributed by atoms with van der Waals surface area (Å²) in [6.45, 7) is 5.22. The molecule has 0 spiro atoms. The molecule has 2 aromatic rings. The van der Waals surface area contributed by atoms with Gasteiger partial charge in [0.05, 0.1) is 11.5 Å². The molecule has 0 saturated carbocycles. The first-order valence-electron chi connectivity index (χ1n) is 9.24. The Hall–Kier alpha value is -3.40. The lowest BCUT2D eigenvalue weighted by molar-refractivity contribution is -0.126. The molecule has 2 amide bonds. The summed E-state index contributed by atoms with van der Waals surface area (Å²) in [5.74, 6) is -0.0306. The third-order valence-electron chi connectivity index (χ3n) is 5.01. The topological polar surface area (TPSA) is 98.1 Å². The number of anilines is 2. The molecule has 1 saturated heterocycles. The molecule has 7 heteroatoms. The number of nitrogens with one attached hydrogen (secondary N) is 2. The third kappa shape index (κ3) is 4.12. The maximum absolute atomic E-state index is 12.5. The number of carbonyl (C=O) groups is 2. The van der Waals surface area contributed by atoms with Crippen molar-refractivity contribution in [2.24, 2.45) is 5.92 Å². The number of hydrogen-bond donors (Lipinski definition) is 2. The maximum Gasteiger partial charge on any atom is 0.227 e. The Morgan fingerprint density at radius 1 is 1.29 bits per heavy atom. The van der Waals surface area contributed by atoms with Crippen LogP contribution in [0.15, 0.2) is 36.5 Å². The van der Waals surface area contributed by atoms with Gasteiger partial charge in [0.15, 0.2) is 0 Å². The first-order chi connectivity index (χ1) is 13.5. The molecule has 2 heterocycles. The van der Waals surface area contributed by atoms with Crippen LogP contribution in [0.2, 0.25) is 0 Å². The van der Waals surface area contributed by atoms with Crippen LogP contribution in [0.4, 0.5) is 11.5 Å². The average Bonchev–Trinajstić information content (AvgIpc) is 3.09. The van der Waals surface area contributed by atoms with Crippen molar-refractivity contribution in [1.29, 1.82) is 5.26 Å². The van der Waals surface area contributed by atoms with Crippen molar-refractivity contribution in [1.82, 2.24) is 10.3 Å². The lowest BCUT2D eigenvalue weighted by Gasteiger charge is -2.20. The van der Waals surface area contributed by atoms with Crippen molar-refractivity contribution < 1.29 is 9.59 Å². The van der Waals surface area contributed by atoms with E-state index in [4.69, 9.17) is 5.26 Å². The van der Waals surface area contributed by atoms with E-state index in [2.05, 4.69) is 21.7 Å². The summed E-state index contributed by atoms with van der Waals surface area (Å²) in [6, 6.07) is 11.3. The van der Waals surface area contributed by atoms with Crippen molar-refractivity contribution >= 4 is 23.3 Å². The molecule has 1 fully saturated rings. The van der Waals surface area contributed by atoms with Crippen molar-refractivity contribution in [2.75, 3.05) is 29.9 Å². The van der Waals surface area contributed by atoms with E-state index in [9.17, 15) is 9.59 Å². The number of nitrogens with zero attached hydrogens (tertiary/aromatic N) is 3.